The molecule has 172 valence electrons. The van der Waals surface area contributed by atoms with E-state index < -0.39 is 29.1 Å². The molecule has 1 saturated heterocycles. The molecule has 0 aromatic heterocycles. The van der Waals surface area contributed by atoms with Gasteiger partial charge >= 0.3 is 5.97 Å². The van der Waals surface area contributed by atoms with Gasteiger partial charge in [0.25, 0.3) is 0 Å². The Bertz CT molecular complexity index is 998. The fourth-order valence-corrected chi connectivity index (χ4v) is 4.50. The zero-order valence-corrected chi connectivity index (χ0v) is 17.7. The summed E-state index contributed by atoms with van der Waals surface area (Å²) >= 11 is 0. The molecule has 8 heteroatoms. The molecule has 0 spiro atoms. The number of hydrogen-bond donors (Lipinski definition) is 1. The van der Waals surface area contributed by atoms with Gasteiger partial charge in [0.1, 0.15) is 17.5 Å². The highest BCUT2D eigenvalue weighted by Crippen LogP contribution is 2.43. The first-order valence-electron chi connectivity index (χ1n) is 10.7. The van der Waals surface area contributed by atoms with E-state index in [0.29, 0.717) is 17.5 Å². The Kier molecular flexibility index (Phi) is 6.27. The van der Waals surface area contributed by atoms with Crippen molar-refractivity contribution in [2.75, 3.05) is 19.7 Å². The number of carboxylic acid groups (broad SMARTS) is 1. The summed E-state index contributed by atoms with van der Waals surface area (Å²) in [6, 6.07) is 5.56. The third-order valence-electron chi connectivity index (χ3n) is 6.16. The Labute approximate surface area is 183 Å². The topological polar surface area (TPSA) is 49.8 Å². The van der Waals surface area contributed by atoms with Crippen molar-refractivity contribution in [2.45, 2.75) is 50.4 Å². The number of aromatic carboxylic acids is 1. The second-order valence-electron chi connectivity index (χ2n) is 8.79. The van der Waals surface area contributed by atoms with E-state index in [1.165, 1.54) is 24.3 Å². The lowest BCUT2D eigenvalue weighted by atomic mass is 9.91. The van der Waals surface area contributed by atoms with Crippen molar-refractivity contribution in [2.24, 2.45) is 0 Å². The number of nitrogens with zero attached hydrogens (tertiary/aromatic N) is 1. The SMILES string of the molecule is CC[C@H](c1cc(F)cc(F)c1)N1CC(F)(COCc2cc(F)c(C(=O)O)cc2C2CC2)C1. The largest absolute Gasteiger partial charge is 0.478 e. The first-order valence-corrected chi connectivity index (χ1v) is 10.7. The molecule has 32 heavy (non-hydrogen) atoms. The van der Waals surface area contributed by atoms with Crippen molar-refractivity contribution in [3.8, 4) is 0 Å². The summed E-state index contributed by atoms with van der Waals surface area (Å²) in [7, 11) is 0. The maximum Gasteiger partial charge on any atom is 0.338 e. The molecule has 4 nitrogen and oxygen atoms in total. The zero-order chi connectivity index (χ0) is 23.0. The van der Waals surface area contributed by atoms with E-state index in [4.69, 9.17) is 9.84 Å². The molecule has 1 aliphatic heterocycles. The van der Waals surface area contributed by atoms with Gasteiger partial charge in [0.05, 0.1) is 18.8 Å². The molecule has 2 aromatic carbocycles. The van der Waals surface area contributed by atoms with Crippen molar-refractivity contribution >= 4 is 5.97 Å². The van der Waals surface area contributed by atoms with Gasteiger partial charge in [-0.15, -0.1) is 0 Å². The minimum atomic E-state index is -1.61. The van der Waals surface area contributed by atoms with Gasteiger partial charge in [-0.25, -0.2) is 22.4 Å². The fraction of sp³-hybridized carbons (Fsp3) is 0.458. The Morgan fingerprint density at radius 2 is 1.81 bits per heavy atom. The molecule has 0 amide bonds. The van der Waals surface area contributed by atoms with Crippen molar-refractivity contribution in [1.29, 1.82) is 0 Å². The molecule has 1 aliphatic carbocycles. The lowest BCUT2D eigenvalue weighted by Gasteiger charge is -2.48. The number of carbonyl (C=O) groups is 1. The number of carboxylic acids is 1. The molecule has 2 aromatic rings. The van der Waals surface area contributed by atoms with E-state index in [1.807, 2.05) is 11.8 Å². The second-order valence-corrected chi connectivity index (χ2v) is 8.79. The number of rotatable bonds is 9. The average molecular weight is 451 g/mol. The van der Waals surface area contributed by atoms with E-state index in [-0.39, 0.29) is 43.8 Å². The molecular weight excluding hydrogens is 426 g/mol. The molecule has 1 heterocycles. The maximum absolute atomic E-state index is 15.1. The van der Waals surface area contributed by atoms with Gasteiger partial charge in [0.2, 0.25) is 0 Å². The van der Waals surface area contributed by atoms with Crippen molar-refractivity contribution < 1.29 is 32.2 Å². The predicted molar refractivity (Wildman–Crippen MR) is 110 cm³/mol. The summed E-state index contributed by atoms with van der Waals surface area (Å²) in [5.41, 5.74) is -0.233. The smallest absolute Gasteiger partial charge is 0.338 e. The van der Waals surface area contributed by atoms with Crippen molar-refractivity contribution in [3.63, 3.8) is 0 Å². The van der Waals surface area contributed by atoms with Gasteiger partial charge in [-0.2, -0.15) is 0 Å². The van der Waals surface area contributed by atoms with Crippen LogP contribution in [-0.2, 0) is 11.3 Å². The standard InChI is InChI=1S/C24H25F4NO3/c1-2-22(15-5-17(25)8-18(26)6-15)29-11-24(28,12-29)13-32-10-16-7-21(27)20(23(30)31)9-19(16)14-3-4-14/h5-9,14,22H,2-4,10-13H2,1H3,(H,30,31)/t22-/m1/s1. The zero-order valence-electron chi connectivity index (χ0n) is 17.7. The lowest BCUT2D eigenvalue weighted by Crippen LogP contribution is -2.62. The number of hydrogen-bond acceptors (Lipinski definition) is 3. The first-order chi connectivity index (χ1) is 15.2. The summed E-state index contributed by atoms with van der Waals surface area (Å²) in [6.45, 7) is 1.78. The van der Waals surface area contributed by atoms with Gasteiger partial charge in [0.15, 0.2) is 5.67 Å². The van der Waals surface area contributed by atoms with Crippen molar-refractivity contribution in [3.05, 3.63) is 70.0 Å². The second kappa shape index (κ2) is 8.83. The van der Waals surface area contributed by atoms with Crippen LogP contribution in [0.5, 0.6) is 0 Å². The van der Waals surface area contributed by atoms with Gasteiger partial charge in [-0.05, 0) is 66.1 Å². The molecule has 0 radical (unpaired) electrons. The molecule has 0 unspecified atom stereocenters. The quantitative estimate of drug-likeness (QED) is 0.521. The van der Waals surface area contributed by atoms with Crippen LogP contribution in [0.2, 0.25) is 0 Å². The lowest BCUT2D eigenvalue weighted by molar-refractivity contribution is -0.107. The van der Waals surface area contributed by atoms with Gasteiger partial charge in [0, 0.05) is 25.2 Å². The summed E-state index contributed by atoms with van der Waals surface area (Å²) in [5, 5.41) is 9.14. The molecule has 4 rings (SSSR count). The van der Waals surface area contributed by atoms with Crippen LogP contribution in [0.1, 0.15) is 65.2 Å². The fourth-order valence-electron chi connectivity index (χ4n) is 4.50. The minimum absolute atomic E-state index is 0.0133. The number of ether oxygens (including phenoxy) is 1. The van der Waals surface area contributed by atoms with Crippen LogP contribution >= 0.6 is 0 Å². The third-order valence-corrected chi connectivity index (χ3v) is 6.16. The Morgan fingerprint density at radius 1 is 1.16 bits per heavy atom. The van der Waals surface area contributed by atoms with E-state index >= 15 is 4.39 Å². The number of alkyl halides is 1. The normalized spacial score (nSPS) is 18.9. The number of benzene rings is 2. The summed E-state index contributed by atoms with van der Waals surface area (Å²) in [6.07, 6.45) is 2.37. The Morgan fingerprint density at radius 3 is 2.38 bits per heavy atom. The first kappa shape index (κ1) is 22.7. The van der Waals surface area contributed by atoms with E-state index in [0.717, 1.165) is 24.5 Å². The molecule has 1 saturated carbocycles. The van der Waals surface area contributed by atoms with Crippen LogP contribution in [0.25, 0.3) is 0 Å². The number of likely N-dealkylation sites (tertiary alicyclic amines) is 1. The molecule has 1 N–H and O–H groups in total. The predicted octanol–water partition coefficient (Wildman–Crippen LogP) is 5.37. The summed E-state index contributed by atoms with van der Waals surface area (Å²) < 4.78 is 61.9. The Balaban J connectivity index is 1.36. The summed E-state index contributed by atoms with van der Waals surface area (Å²) in [4.78, 5) is 13.0. The van der Waals surface area contributed by atoms with Gasteiger partial charge < -0.3 is 9.84 Å². The van der Waals surface area contributed by atoms with E-state index in [2.05, 4.69) is 0 Å². The van der Waals surface area contributed by atoms with Crippen LogP contribution in [0, 0.1) is 17.5 Å². The van der Waals surface area contributed by atoms with E-state index in [9.17, 15) is 18.0 Å². The van der Waals surface area contributed by atoms with Crippen LogP contribution in [0.4, 0.5) is 17.6 Å². The van der Waals surface area contributed by atoms with E-state index in [1.54, 1.807) is 0 Å². The highest BCUT2D eigenvalue weighted by Gasteiger charge is 2.46. The van der Waals surface area contributed by atoms with Crippen LogP contribution < -0.4 is 0 Å². The molecule has 1 atom stereocenters. The van der Waals surface area contributed by atoms with Crippen LogP contribution in [0.15, 0.2) is 30.3 Å². The molecule has 2 aliphatic rings. The summed E-state index contributed by atoms with van der Waals surface area (Å²) in [5.74, 6) is -3.30. The highest BCUT2D eigenvalue weighted by atomic mass is 19.1. The maximum atomic E-state index is 15.1. The van der Waals surface area contributed by atoms with Gasteiger partial charge in [-0.3, -0.25) is 4.90 Å². The van der Waals surface area contributed by atoms with Crippen LogP contribution in [0.3, 0.4) is 0 Å². The molecular formula is C24H25F4NO3. The minimum Gasteiger partial charge on any atom is -0.478 e. The van der Waals surface area contributed by atoms with Crippen LogP contribution in [-0.4, -0.2) is 41.3 Å². The van der Waals surface area contributed by atoms with Gasteiger partial charge in [-0.1, -0.05) is 6.92 Å². The monoisotopic (exact) mass is 451 g/mol. The molecule has 2 fully saturated rings. The van der Waals surface area contributed by atoms with Crippen molar-refractivity contribution in [1.82, 2.24) is 4.90 Å². The third kappa shape index (κ3) is 4.81. The highest BCUT2D eigenvalue weighted by molar-refractivity contribution is 5.88. The Hall–Kier alpha value is -2.45. The number of halogens is 4. The average Bonchev–Trinajstić information content (AvgIpc) is 3.51. The molecule has 0 bridgehead atoms.